The third-order valence-electron chi connectivity index (χ3n) is 3.84. The highest BCUT2D eigenvalue weighted by molar-refractivity contribution is 7.99. The number of hydrogen-bond donors (Lipinski definition) is 1. The van der Waals surface area contributed by atoms with Crippen LogP contribution in [0.25, 0.3) is 0 Å². The second kappa shape index (κ2) is 6.60. The van der Waals surface area contributed by atoms with Gasteiger partial charge in [-0.1, -0.05) is 31.2 Å². The van der Waals surface area contributed by atoms with E-state index in [2.05, 4.69) is 43.1 Å². The lowest BCUT2D eigenvalue weighted by atomic mass is 9.99. The number of benzene rings is 1. The van der Waals surface area contributed by atoms with Crippen molar-refractivity contribution in [3.63, 3.8) is 0 Å². The molecule has 0 aromatic heterocycles. The van der Waals surface area contributed by atoms with E-state index < -0.39 is 0 Å². The molecular formula is C15H24N2S. The fourth-order valence-corrected chi connectivity index (χ4v) is 3.80. The van der Waals surface area contributed by atoms with Crippen LogP contribution in [0.5, 0.6) is 0 Å². The SMILES string of the molecule is CCc1ccc(CC(N)C2CSCCN2C)cc1. The Kier molecular flexibility index (Phi) is 5.10. The van der Waals surface area contributed by atoms with Crippen molar-refractivity contribution in [2.75, 3.05) is 25.1 Å². The first-order valence-electron chi connectivity index (χ1n) is 6.82. The maximum atomic E-state index is 6.39. The average Bonchev–Trinajstić information content (AvgIpc) is 2.40. The van der Waals surface area contributed by atoms with Crippen molar-refractivity contribution in [1.82, 2.24) is 4.90 Å². The standard InChI is InChI=1S/C15H24N2S/c1-3-12-4-6-13(7-5-12)10-14(16)15-11-18-9-8-17(15)2/h4-7,14-15H,3,8-11,16H2,1-2H3. The average molecular weight is 264 g/mol. The van der Waals surface area contributed by atoms with Crippen LogP contribution in [0.1, 0.15) is 18.1 Å². The molecule has 0 aliphatic carbocycles. The summed E-state index contributed by atoms with van der Waals surface area (Å²) in [6.45, 7) is 3.35. The molecule has 2 unspecified atom stereocenters. The number of nitrogens with two attached hydrogens (primary N) is 1. The van der Waals surface area contributed by atoms with Gasteiger partial charge in [-0.05, 0) is 31.0 Å². The van der Waals surface area contributed by atoms with Gasteiger partial charge in [0.2, 0.25) is 0 Å². The molecule has 0 radical (unpaired) electrons. The second-order valence-corrected chi connectivity index (χ2v) is 6.31. The Hall–Kier alpha value is -0.510. The molecule has 2 N–H and O–H groups in total. The maximum Gasteiger partial charge on any atom is 0.0338 e. The van der Waals surface area contributed by atoms with E-state index >= 15 is 0 Å². The molecule has 0 spiro atoms. The Balaban J connectivity index is 1.94. The van der Waals surface area contributed by atoms with Crippen molar-refractivity contribution in [3.05, 3.63) is 35.4 Å². The van der Waals surface area contributed by atoms with Crippen LogP contribution in [0, 0.1) is 0 Å². The summed E-state index contributed by atoms with van der Waals surface area (Å²) in [5, 5.41) is 0. The molecule has 1 saturated heterocycles. The number of nitrogens with zero attached hydrogens (tertiary/aromatic N) is 1. The predicted octanol–water partition coefficient (Wildman–Crippen LogP) is 2.17. The van der Waals surface area contributed by atoms with Gasteiger partial charge in [-0.25, -0.2) is 0 Å². The minimum absolute atomic E-state index is 0.246. The van der Waals surface area contributed by atoms with E-state index in [0.717, 1.165) is 19.4 Å². The fourth-order valence-electron chi connectivity index (χ4n) is 2.48. The topological polar surface area (TPSA) is 29.3 Å². The number of hydrogen-bond acceptors (Lipinski definition) is 3. The number of rotatable bonds is 4. The first-order chi connectivity index (χ1) is 8.70. The molecule has 1 heterocycles. The highest BCUT2D eigenvalue weighted by Gasteiger charge is 2.25. The first-order valence-corrected chi connectivity index (χ1v) is 7.97. The largest absolute Gasteiger partial charge is 0.326 e. The first kappa shape index (κ1) is 13.9. The zero-order valence-corrected chi connectivity index (χ0v) is 12.2. The predicted molar refractivity (Wildman–Crippen MR) is 81.2 cm³/mol. The lowest BCUT2D eigenvalue weighted by molar-refractivity contribution is 0.235. The summed E-state index contributed by atoms with van der Waals surface area (Å²) in [6, 6.07) is 9.68. The van der Waals surface area contributed by atoms with Crippen LogP contribution in [0.4, 0.5) is 0 Å². The summed E-state index contributed by atoms with van der Waals surface area (Å²) in [7, 11) is 2.20. The molecule has 1 aliphatic heterocycles. The van der Waals surface area contributed by atoms with Gasteiger partial charge in [0.05, 0.1) is 0 Å². The van der Waals surface area contributed by atoms with Gasteiger partial charge in [0, 0.05) is 30.1 Å². The zero-order valence-electron chi connectivity index (χ0n) is 11.4. The summed E-state index contributed by atoms with van der Waals surface area (Å²) in [4.78, 5) is 2.42. The lowest BCUT2D eigenvalue weighted by Crippen LogP contribution is -2.51. The number of thioether (sulfide) groups is 1. The van der Waals surface area contributed by atoms with Crippen molar-refractivity contribution in [3.8, 4) is 0 Å². The molecule has 1 aromatic rings. The normalized spacial score (nSPS) is 22.9. The van der Waals surface area contributed by atoms with Crippen molar-refractivity contribution < 1.29 is 0 Å². The Bertz CT molecular complexity index is 363. The monoisotopic (exact) mass is 264 g/mol. The second-order valence-electron chi connectivity index (χ2n) is 5.16. The minimum atomic E-state index is 0.246. The Morgan fingerprint density at radius 1 is 1.33 bits per heavy atom. The van der Waals surface area contributed by atoms with Crippen molar-refractivity contribution in [1.29, 1.82) is 0 Å². The molecule has 1 aliphatic rings. The van der Waals surface area contributed by atoms with Gasteiger partial charge >= 0.3 is 0 Å². The van der Waals surface area contributed by atoms with Crippen LogP contribution in [-0.4, -0.2) is 42.1 Å². The van der Waals surface area contributed by atoms with E-state index in [1.807, 2.05) is 11.8 Å². The van der Waals surface area contributed by atoms with Gasteiger partial charge in [-0.3, -0.25) is 0 Å². The van der Waals surface area contributed by atoms with Gasteiger partial charge < -0.3 is 10.6 Å². The third kappa shape index (κ3) is 3.50. The molecule has 0 saturated carbocycles. The molecule has 1 fully saturated rings. The van der Waals surface area contributed by atoms with Gasteiger partial charge in [0.1, 0.15) is 0 Å². The zero-order chi connectivity index (χ0) is 13.0. The Morgan fingerprint density at radius 3 is 2.61 bits per heavy atom. The highest BCUT2D eigenvalue weighted by atomic mass is 32.2. The summed E-state index contributed by atoms with van der Waals surface area (Å²) < 4.78 is 0. The molecule has 0 bridgehead atoms. The van der Waals surface area contributed by atoms with Crippen LogP contribution >= 0.6 is 11.8 Å². The molecular weight excluding hydrogens is 240 g/mol. The van der Waals surface area contributed by atoms with Crippen LogP contribution in [-0.2, 0) is 12.8 Å². The molecule has 100 valence electrons. The van der Waals surface area contributed by atoms with Gasteiger partial charge in [-0.15, -0.1) is 0 Å². The van der Waals surface area contributed by atoms with Gasteiger partial charge in [0.25, 0.3) is 0 Å². The van der Waals surface area contributed by atoms with Crippen LogP contribution in [0.3, 0.4) is 0 Å². The molecule has 2 nitrogen and oxygen atoms in total. The van der Waals surface area contributed by atoms with Gasteiger partial charge in [0.15, 0.2) is 0 Å². The highest BCUT2D eigenvalue weighted by Crippen LogP contribution is 2.18. The van der Waals surface area contributed by atoms with Gasteiger partial charge in [-0.2, -0.15) is 11.8 Å². The van der Waals surface area contributed by atoms with Crippen molar-refractivity contribution in [2.24, 2.45) is 5.73 Å². The quantitative estimate of drug-likeness (QED) is 0.904. The minimum Gasteiger partial charge on any atom is -0.326 e. The summed E-state index contributed by atoms with van der Waals surface area (Å²) in [5.41, 5.74) is 9.15. The maximum absolute atomic E-state index is 6.39. The van der Waals surface area contributed by atoms with Crippen molar-refractivity contribution >= 4 is 11.8 Å². The van der Waals surface area contributed by atoms with E-state index in [0.29, 0.717) is 6.04 Å². The fraction of sp³-hybridized carbons (Fsp3) is 0.600. The summed E-state index contributed by atoms with van der Waals surface area (Å²) in [6.07, 6.45) is 2.09. The van der Waals surface area contributed by atoms with Crippen LogP contribution in [0.2, 0.25) is 0 Å². The lowest BCUT2D eigenvalue weighted by Gasteiger charge is -2.36. The number of likely N-dealkylation sites (N-methyl/N-ethyl adjacent to an activating group) is 1. The molecule has 18 heavy (non-hydrogen) atoms. The van der Waals surface area contributed by atoms with E-state index in [9.17, 15) is 0 Å². The molecule has 3 heteroatoms. The Labute approximate surface area is 115 Å². The molecule has 1 aromatic carbocycles. The van der Waals surface area contributed by atoms with E-state index in [4.69, 9.17) is 5.73 Å². The third-order valence-corrected chi connectivity index (χ3v) is 4.89. The van der Waals surface area contributed by atoms with Crippen LogP contribution in [0.15, 0.2) is 24.3 Å². The van der Waals surface area contributed by atoms with E-state index in [-0.39, 0.29) is 6.04 Å². The summed E-state index contributed by atoms with van der Waals surface area (Å²) >= 11 is 2.03. The smallest absolute Gasteiger partial charge is 0.0338 e. The molecule has 2 atom stereocenters. The van der Waals surface area contributed by atoms with Crippen LogP contribution < -0.4 is 5.73 Å². The van der Waals surface area contributed by atoms with E-state index in [1.165, 1.54) is 22.6 Å². The van der Waals surface area contributed by atoms with Crippen molar-refractivity contribution in [2.45, 2.75) is 31.8 Å². The summed E-state index contributed by atoms with van der Waals surface area (Å²) in [5.74, 6) is 2.41. The molecule has 2 rings (SSSR count). The van der Waals surface area contributed by atoms with E-state index in [1.54, 1.807) is 0 Å². The molecule has 0 amide bonds. The number of aryl methyl sites for hydroxylation is 1. The Morgan fingerprint density at radius 2 is 2.00 bits per heavy atom.